The summed E-state index contributed by atoms with van der Waals surface area (Å²) in [5.74, 6) is 0.149. The molecule has 1 N–H and O–H groups in total. The number of hydrogen-bond acceptors (Lipinski definition) is 2. The quantitative estimate of drug-likeness (QED) is 0.920. The Kier molecular flexibility index (Phi) is 5.74. The number of hydrogen-bond donors (Lipinski definition) is 1. The van der Waals surface area contributed by atoms with Crippen LogP contribution in [0.5, 0.6) is 0 Å². The van der Waals surface area contributed by atoms with Gasteiger partial charge in [-0.3, -0.25) is 9.59 Å². The average molecular weight is 320 g/mol. The lowest BCUT2D eigenvalue weighted by Crippen LogP contribution is -2.40. The second kappa shape index (κ2) is 7.57. The minimum absolute atomic E-state index is 0.162. The standard InChI is InChI=1S/C18H25FN2O2/c1-12(2)7-14-5-4-6-21(11-14)18(23)15-8-16(19)10-17(9-15)20-13(3)22/h8-10,12,14H,4-7,11H2,1-3H3,(H,20,22)/t14-/m0/s1. The first-order chi connectivity index (χ1) is 10.8. The molecule has 2 rings (SSSR count). The van der Waals surface area contributed by atoms with Gasteiger partial charge in [0.1, 0.15) is 5.82 Å². The van der Waals surface area contributed by atoms with Gasteiger partial charge in [0.2, 0.25) is 5.91 Å². The van der Waals surface area contributed by atoms with Crippen molar-refractivity contribution in [1.82, 2.24) is 4.90 Å². The Hall–Kier alpha value is -1.91. The van der Waals surface area contributed by atoms with Gasteiger partial charge in [0.25, 0.3) is 5.91 Å². The molecule has 23 heavy (non-hydrogen) atoms. The van der Waals surface area contributed by atoms with Crippen molar-refractivity contribution in [3.63, 3.8) is 0 Å². The molecule has 1 atom stereocenters. The van der Waals surface area contributed by atoms with E-state index in [2.05, 4.69) is 19.2 Å². The van der Waals surface area contributed by atoms with E-state index in [1.54, 1.807) is 6.07 Å². The van der Waals surface area contributed by atoms with Crippen molar-refractivity contribution in [3.8, 4) is 0 Å². The maximum Gasteiger partial charge on any atom is 0.254 e. The summed E-state index contributed by atoms with van der Waals surface area (Å²) < 4.78 is 13.7. The van der Waals surface area contributed by atoms with Crippen LogP contribution in [-0.2, 0) is 4.79 Å². The number of rotatable bonds is 4. The highest BCUT2D eigenvalue weighted by Gasteiger charge is 2.25. The highest BCUT2D eigenvalue weighted by Crippen LogP contribution is 2.25. The second-order valence-corrected chi connectivity index (χ2v) is 6.80. The zero-order valence-corrected chi connectivity index (χ0v) is 14.1. The van der Waals surface area contributed by atoms with Gasteiger partial charge >= 0.3 is 0 Å². The van der Waals surface area contributed by atoms with Crippen LogP contribution in [0.25, 0.3) is 0 Å². The average Bonchev–Trinajstić information content (AvgIpc) is 2.44. The minimum Gasteiger partial charge on any atom is -0.338 e. The van der Waals surface area contributed by atoms with E-state index >= 15 is 0 Å². The maximum absolute atomic E-state index is 13.7. The van der Waals surface area contributed by atoms with Crippen LogP contribution in [0.1, 0.15) is 50.4 Å². The van der Waals surface area contributed by atoms with Crippen molar-refractivity contribution >= 4 is 17.5 Å². The van der Waals surface area contributed by atoms with Crippen LogP contribution in [0.15, 0.2) is 18.2 Å². The van der Waals surface area contributed by atoms with E-state index in [1.807, 2.05) is 4.90 Å². The van der Waals surface area contributed by atoms with Crippen molar-refractivity contribution in [2.24, 2.45) is 11.8 Å². The van der Waals surface area contributed by atoms with E-state index in [4.69, 9.17) is 0 Å². The number of piperidine rings is 1. The summed E-state index contributed by atoms with van der Waals surface area (Å²) in [5, 5.41) is 2.53. The number of amides is 2. The molecule has 1 aliphatic heterocycles. The zero-order chi connectivity index (χ0) is 17.0. The molecule has 1 fully saturated rings. The predicted octanol–water partition coefficient (Wildman–Crippen LogP) is 3.68. The van der Waals surface area contributed by atoms with Crippen LogP contribution >= 0.6 is 0 Å². The molecule has 1 saturated heterocycles. The molecular formula is C18H25FN2O2. The van der Waals surface area contributed by atoms with Gasteiger partial charge in [-0.25, -0.2) is 4.39 Å². The third-order valence-corrected chi connectivity index (χ3v) is 4.08. The number of benzene rings is 1. The molecule has 0 radical (unpaired) electrons. The van der Waals surface area contributed by atoms with Crippen LogP contribution < -0.4 is 5.32 Å². The van der Waals surface area contributed by atoms with E-state index in [9.17, 15) is 14.0 Å². The molecule has 1 aromatic carbocycles. The summed E-state index contributed by atoms with van der Waals surface area (Å²) in [7, 11) is 0. The van der Waals surface area contributed by atoms with E-state index < -0.39 is 5.82 Å². The zero-order valence-electron chi connectivity index (χ0n) is 14.1. The smallest absolute Gasteiger partial charge is 0.254 e. The largest absolute Gasteiger partial charge is 0.338 e. The molecule has 0 bridgehead atoms. The fourth-order valence-electron chi connectivity index (χ4n) is 3.28. The normalized spacial score (nSPS) is 18.1. The summed E-state index contributed by atoms with van der Waals surface area (Å²) in [6, 6.07) is 3.99. The Labute approximate surface area is 137 Å². The van der Waals surface area contributed by atoms with Gasteiger partial charge in [0.15, 0.2) is 0 Å². The van der Waals surface area contributed by atoms with Gasteiger partial charge in [-0.15, -0.1) is 0 Å². The fourth-order valence-corrected chi connectivity index (χ4v) is 3.28. The van der Waals surface area contributed by atoms with Gasteiger partial charge in [-0.05, 0) is 49.3 Å². The molecule has 0 aliphatic carbocycles. The van der Waals surface area contributed by atoms with Gasteiger partial charge in [0.05, 0.1) is 0 Å². The first-order valence-electron chi connectivity index (χ1n) is 8.22. The molecular weight excluding hydrogens is 295 g/mol. The number of anilines is 1. The minimum atomic E-state index is -0.518. The molecule has 0 aromatic heterocycles. The van der Waals surface area contributed by atoms with Crippen LogP contribution in [0.2, 0.25) is 0 Å². The predicted molar refractivity (Wildman–Crippen MR) is 88.8 cm³/mol. The molecule has 0 saturated carbocycles. The SMILES string of the molecule is CC(=O)Nc1cc(F)cc(C(=O)N2CCC[C@@H](CC(C)C)C2)c1. The Morgan fingerprint density at radius 3 is 2.74 bits per heavy atom. The molecule has 1 aliphatic rings. The first kappa shape index (κ1) is 17.4. The lowest BCUT2D eigenvalue weighted by atomic mass is 9.89. The lowest BCUT2D eigenvalue weighted by molar-refractivity contribution is -0.114. The topological polar surface area (TPSA) is 49.4 Å². The monoisotopic (exact) mass is 320 g/mol. The number of carbonyl (C=O) groups is 2. The van der Waals surface area contributed by atoms with Crippen LogP contribution in [-0.4, -0.2) is 29.8 Å². The summed E-state index contributed by atoms with van der Waals surface area (Å²) in [6.45, 7) is 7.16. The number of carbonyl (C=O) groups excluding carboxylic acids is 2. The Balaban J connectivity index is 2.12. The first-order valence-corrected chi connectivity index (χ1v) is 8.22. The number of nitrogens with zero attached hydrogens (tertiary/aromatic N) is 1. The van der Waals surface area contributed by atoms with Crippen molar-refractivity contribution < 1.29 is 14.0 Å². The van der Waals surface area contributed by atoms with Crippen LogP contribution in [0.3, 0.4) is 0 Å². The van der Waals surface area contributed by atoms with Crippen molar-refractivity contribution in [2.75, 3.05) is 18.4 Å². The number of likely N-dealkylation sites (tertiary alicyclic amines) is 1. The highest BCUT2D eigenvalue weighted by molar-refractivity contribution is 5.96. The van der Waals surface area contributed by atoms with Gasteiger partial charge in [0, 0.05) is 31.3 Å². The van der Waals surface area contributed by atoms with Gasteiger partial charge < -0.3 is 10.2 Å². The van der Waals surface area contributed by atoms with Crippen molar-refractivity contribution in [1.29, 1.82) is 0 Å². The molecule has 1 aromatic rings. The molecule has 2 amide bonds. The third-order valence-electron chi connectivity index (χ3n) is 4.08. The highest BCUT2D eigenvalue weighted by atomic mass is 19.1. The van der Waals surface area contributed by atoms with E-state index in [1.165, 1.54) is 19.1 Å². The molecule has 0 spiro atoms. The second-order valence-electron chi connectivity index (χ2n) is 6.80. The summed E-state index contributed by atoms with van der Waals surface area (Å²) >= 11 is 0. The summed E-state index contributed by atoms with van der Waals surface area (Å²) in [5.41, 5.74) is 0.607. The van der Waals surface area contributed by atoms with E-state index in [-0.39, 0.29) is 11.8 Å². The van der Waals surface area contributed by atoms with E-state index in [0.29, 0.717) is 29.6 Å². The number of nitrogens with one attached hydrogen (secondary N) is 1. The third kappa shape index (κ3) is 5.05. The van der Waals surface area contributed by atoms with Crippen molar-refractivity contribution in [2.45, 2.75) is 40.0 Å². The van der Waals surface area contributed by atoms with Crippen LogP contribution in [0.4, 0.5) is 10.1 Å². The van der Waals surface area contributed by atoms with E-state index in [0.717, 1.165) is 25.8 Å². The van der Waals surface area contributed by atoms with Crippen molar-refractivity contribution in [3.05, 3.63) is 29.6 Å². The molecule has 0 unspecified atom stereocenters. The Bertz CT molecular complexity index is 586. The summed E-state index contributed by atoms with van der Waals surface area (Å²) in [6.07, 6.45) is 3.23. The Morgan fingerprint density at radius 2 is 2.09 bits per heavy atom. The maximum atomic E-state index is 13.7. The van der Waals surface area contributed by atoms with Gasteiger partial charge in [-0.2, -0.15) is 0 Å². The fraction of sp³-hybridized carbons (Fsp3) is 0.556. The lowest BCUT2D eigenvalue weighted by Gasteiger charge is -2.33. The molecule has 4 nitrogen and oxygen atoms in total. The van der Waals surface area contributed by atoms with Crippen LogP contribution in [0, 0.1) is 17.7 Å². The molecule has 5 heteroatoms. The Morgan fingerprint density at radius 1 is 1.35 bits per heavy atom. The van der Waals surface area contributed by atoms with Gasteiger partial charge in [-0.1, -0.05) is 13.8 Å². The molecule has 126 valence electrons. The molecule has 1 heterocycles. The summed E-state index contributed by atoms with van der Waals surface area (Å²) in [4.78, 5) is 25.6. The number of halogens is 1.